The molecule has 3 heteroatoms. The van der Waals surface area contributed by atoms with Crippen molar-refractivity contribution in [2.75, 3.05) is 0 Å². The molecular weight excluding hydrogens is 640 g/mol. The normalized spacial score (nSPS) is 10.4. The maximum absolute atomic E-state index is 13.3. The third-order valence-corrected chi connectivity index (χ3v) is 9.66. The van der Waals surface area contributed by atoms with E-state index >= 15 is 0 Å². The van der Waals surface area contributed by atoms with Gasteiger partial charge in [0, 0.05) is 39.1 Å². The monoisotopic (exact) mass is 664 g/mol. The number of rotatable bonds is 5. The summed E-state index contributed by atoms with van der Waals surface area (Å²) in [6, 6.07) is 48.6. The van der Waals surface area contributed by atoms with Crippen LogP contribution in [-0.2, 0) is 22.4 Å². The summed E-state index contributed by atoms with van der Waals surface area (Å²) >= 11 is 0. The van der Waals surface area contributed by atoms with Crippen molar-refractivity contribution < 1.29 is 27.2 Å². The molecule has 0 aliphatic heterocycles. The number of carbonyl (C=O) groups excluding carboxylic acids is 1. The Morgan fingerprint density at radius 2 is 0.889 bits per heavy atom. The first-order valence-electron chi connectivity index (χ1n) is 11.6. The largest absolute Gasteiger partial charge is 0.289 e. The molecule has 5 aromatic rings. The Hall–Kier alpha value is -3.50. The summed E-state index contributed by atoms with van der Waals surface area (Å²) in [6.07, 6.45) is 0. The molecule has 0 fully saturated rings. The van der Waals surface area contributed by atoms with Gasteiger partial charge in [0.15, 0.2) is 13.0 Å². The summed E-state index contributed by atoms with van der Waals surface area (Å²) in [5.41, 5.74) is 5.79. The van der Waals surface area contributed by atoms with E-state index in [1.54, 1.807) is 0 Å². The molecule has 0 aliphatic carbocycles. The average molecular weight is 664 g/mol. The first-order valence-corrected chi connectivity index (χ1v) is 13.4. The van der Waals surface area contributed by atoms with Crippen LogP contribution >= 0.6 is 7.26 Å². The zero-order valence-electron chi connectivity index (χ0n) is 19.5. The van der Waals surface area contributed by atoms with Crippen LogP contribution in [0, 0.1) is 11.6 Å². The summed E-state index contributed by atoms with van der Waals surface area (Å²) < 4.78 is 0. The molecule has 0 N–H and O–H groups in total. The van der Waals surface area contributed by atoms with Gasteiger partial charge >= 0.3 is 0 Å². The number of carbonyl (C=O) groups is 1. The standard InChI is InChI=1S/C33H24OP.Au/c34-33(28-16-5-1-6-17-28)32-24-14-13-15-27(32)25-26-35(29-18-7-2-8-19-29,30-20-9-3-10-21-30)31-22-11-4-12-23-31;/h1-24H;/q+1;. The first-order chi connectivity index (χ1) is 17.3. The van der Waals surface area contributed by atoms with Crippen LogP contribution in [0.1, 0.15) is 21.5 Å². The second-order valence-corrected chi connectivity index (χ2v) is 11.3. The van der Waals surface area contributed by atoms with Gasteiger partial charge in [0.2, 0.25) is 0 Å². The molecule has 0 spiro atoms. The molecule has 0 amide bonds. The maximum Gasteiger partial charge on any atom is 0.194 e. The van der Waals surface area contributed by atoms with Crippen LogP contribution in [0.4, 0.5) is 0 Å². The molecule has 0 aromatic heterocycles. The van der Waals surface area contributed by atoms with Crippen molar-refractivity contribution in [3.05, 3.63) is 162 Å². The van der Waals surface area contributed by atoms with Crippen LogP contribution < -0.4 is 15.9 Å². The quantitative estimate of drug-likeness (QED) is 0.0945. The Morgan fingerprint density at radius 1 is 0.500 bits per heavy atom. The average Bonchev–Trinajstić information content (AvgIpc) is 2.95. The summed E-state index contributed by atoms with van der Waals surface area (Å²) in [5.74, 6) is 3.46. The molecular formula is C33H24AuOP+. The predicted molar refractivity (Wildman–Crippen MR) is 148 cm³/mol. The zero-order valence-corrected chi connectivity index (χ0v) is 22.6. The van der Waals surface area contributed by atoms with E-state index in [0.29, 0.717) is 11.1 Å². The number of ketones is 1. The SMILES string of the molecule is O=C(c1ccccc1)c1ccccc1C#C[P+](c1ccccc1)(c1ccccc1)c1ccccc1.[Au]. The van der Waals surface area contributed by atoms with Crippen LogP contribution in [0.25, 0.3) is 0 Å². The second kappa shape index (κ2) is 12.0. The number of hydrogen-bond acceptors (Lipinski definition) is 1. The Kier molecular flexibility index (Phi) is 8.50. The molecule has 0 saturated carbocycles. The van der Waals surface area contributed by atoms with Gasteiger partial charge in [-0.15, -0.1) is 0 Å². The van der Waals surface area contributed by atoms with Crippen LogP contribution in [0.15, 0.2) is 146 Å². The molecule has 5 aromatic carbocycles. The fourth-order valence-corrected chi connectivity index (χ4v) is 7.70. The van der Waals surface area contributed by atoms with Crippen molar-refractivity contribution in [3.63, 3.8) is 0 Å². The van der Waals surface area contributed by atoms with Crippen molar-refractivity contribution >= 4 is 29.0 Å². The minimum absolute atomic E-state index is 0. The van der Waals surface area contributed by atoms with Crippen LogP contribution in [0.3, 0.4) is 0 Å². The molecule has 1 nitrogen and oxygen atoms in total. The maximum atomic E-state index is 13.3. The van der Waals surface area contributed by atoms with Gasteiger partial charge in [0.05, 0.1) is 5.66 Å². The molecule has 0 bridgehead atoms. The fourth-order valence-electron chi connectivity index (χ4n) is 4.27. The van der Waals surface area contributed by atoms with Crippen LogP contribution in [-0.4, -0.2) is 5.78 Å². The molecule has 177 valence electrons. The van der Waals surface area contributed by atoms with Crippen molar-refractivity contribution in [1.82, 2.24) is 0 Å². The Morgan fingerprint density at radius 3 is 1.36 bits per heavy atom. The van der Waals surface area contributed by atoms with Gasteiger partial charge in [-0.3, -0.25) is 4.79 Å². The van der Waals surface area contributed by atoms with Gasteiger partial charge in [0.25, 0.3) is 0 Å². The molecule has 5 rings (SSSR count). The van der Waals surface area contributed by atoms with Gasteiger partial charge in [-0.05, 0) is 54.5 Å². The van der Waals surface area contributed by atoms with Gasteiger partial charge in [-0.25, -0.2) is 0 Å². The Balaban J connectivity index is 0.00000304. The van der Waals surface area contributed by atoms with E-state index in [4.69, 9.17) is 0 Å². The van der Waals surface area contributed by atoms with Gasteiger partial charge in [0.1, 0.15) is 15.9 Å². The smallest absolute Gasteiger partial charge is 0.194 e. The molecule has 36 heavy (non-hydrogen) atoms. The topological polar surface area (TPSA) is 17.1 Å². The summed E-state index contributed by atoms with van der Waals surface area (Å²) in [7, 11) is -2.31. The molecule has 0 unspecified atom stereocenters. The van der Waals surface area contributed by atoms with Gasteiger partial charge in [-0.1, -0.05) is 97.1 Å². The van der Waals surface area contributed by atoms with Crippen molar-refractivity contribution in [1.29, 1.82) is 0 Å². The number of benzene rings is 5. The zero-order chi connectivity index (χ0) is 23.9. The minimum Gasteiger partial charge on any atom is -0.289 e. The van der Waals surface area contributed by atoms with Crippen LogP contribution in [0.5, 0.6) is 0 Å². The third kappa shape index (κ3) is 5.19. The fraction of sp³-hybridized carbons (Fsp3) is 0. The van der Waals surface area contributed by atoms with E-state index in [1.165, 1.54) is 15.9 Å². The molecule has 0 atom stereocenters. The van der Waals surface area contributed by atoms with Crippen molar-refractivity contribution in [2.24, 2.45) is 0 Å². The van der Waals surface area contributed by atoms with Gasteiger partial charge < -0.3 is 0 Å². The van der Waals surface area contributed by atoms with E-state index in [-0.39, 0.29) is 28.2 Å². The van der Waals surface area contributed by atoms with E-state index in [1.807, 2.05) is 72.8 Å². The number of hydrogen-bond donors (Lipinski definition) is 0. The van der Waals surface area contributed by atoms with Gasteiger partial charge in [-0.2, -0.15) is 0 Å². The Labute approximate surface area is 229 Å². The Bertz CT molecular complexity index is 1390. The summed E-state index contributed by atoms with van der Waals surface area (Å²) in [4.78, 5) is 13.3. The molecule has 0 aliphatic rings. The molecule has 1 radical (unpaired) electrons. The van der Waals surface area contributed by atoms with E-state index in [9.17, 15) is 4.79 Å². The van der Waals surface area contributed by atoms with E-state index in [0.717, 1.165) is 5.56 Å². The molecule has 0 saturated heterocycles. The first kappa shape index (κ1) is 25.6. The summed E-state index contributed by atoms with van der Waals surface area (Å²) in [5, 5.41) is 3.57. The van der Waals surface area contributed by atoms with Crippen molar-refractivity contribution in [3.8, 4) is 11.6 Å². The summed E-state index contributed by atoms with van der Waals surface area (Å²) in [6.45, 7) is 0. The van der Waals surface area contributed by atoms with E-state index < -0.39 is 7.26 Å². The van der Waals surface area contributed by atoms with Crippen molar-refractivity contribution in [2.45, 2.75) is 0 Å². The van der Waals surface area contributed by atoms with Crippen LogP contribution in [0.2, 0.25) is 0 Å². The molecule has 0 heterocycles. The third-order valence-electron chi connectivity index (χ3n) is 6.00. The van der Waals surface area contributed by atoms with E-state index in [2.05, 4.69) is 84.4 Å². The minimum atomic E-state index is -2.31. The predicted octanol–water partition coefficient (Wildman–Crippen LogP) is 6.22. The second-order valence-electron chi connectivity index (χ2n) is 8.16.